The molecule has 2 fully saturated rings. The van der Waals surface area contributed by atoms with E-state index in [2.05, 4.69) is 11.8 Å². The van der Waals surface area contributed by atoms with Crippen LogP contribution in [-0.2, 0) is 4.74 Å². The lowest BCUT2D eigenvalue weighted by Crippen LogP contribution is -2.44. The molecule has 100 valence electrons. The van der Waals surface area contributed by atoms with E-state index in [0.29, 0.717) is 12.7 Å². The molecule has 0 bridgehead atoms. The molecule has 0 unspecified atom stereocenters. The van der Waals surface area contributed by atoms with Crippen molar-refractivity contribution < 1.29 is 9.84 Å². The summed E-state index contributed by atoms with van der Waals surface area (Å²) in [4.78, 5) is 2.54. The molecule has 0 aromatic heterocycles. The summed E-state index contributed by atoms with van der Waals surface area (Å²) in [5.41, 5.74) is 0.221. The number of ether oxygens (including phenoxy) is 1. The third-order valence-electron chi connectivity index (χ3n) is 4.50. The summed E-state index contributed by atoms with van der Waals surface area (Å²) < 4.78 is 5.68. The molecule has 1 aliphatic heterocycles. The first kappa shape index (κ1) is 13.3. The highest BCUT2D eigenvalue weighted by molar-refractivity contribution is 4.88. The van der Waals surface area contributed by atoms with E-state index in [1.54, 1.807) is 0 Å². The minimum absolute atomic E-state index is 0.221. The Labute approximate surface area is 105 Å². The highest BCUT2D eigenvalue weighted by Crippen LogP contribution is 2.38. The fourth-order valence-electron chi connectivity index (χ4n) is 3.44. The quantitative estimate of drug-likeness (QED) is 0.799. The first-order valence-electron chi connectivity index (χ1n) is 7.23. The predicted molar refractivity (Wildman–Crippen MR) is 69.1 cm³/mol. The van der Waals surface area contributed by atoms with Gasteiger partial charge in [0.1, 0.15) is 0 Å². The van der Waals surface area contributed by atoms with E-state index in [9.17, 15) is 5.11 Å². The van der Waals surface area contributed by atoms with Gasteiger partial charge in [-0.05, 0) is 32.6 Å². The molecule has 0 radical (unpaired) electrons. The molecule has 0 aromatic carbocycles. The third kappa shape index (κ3) is 3.43. The van der Waals surface area contributed by atoms with Crippen LogP contribution < -0.4 is 0 Å². The van der Waals surface area contributed by atoms with Gasteiger partial charge < -0.3 is 14.7 Å². The lowest BCUT2D eigenvalue weighted by molar-refractivity contribution is -0.00292. The lowest BCUT2D eigenvalue weighted by atomic mass is 9.86. The maximum atomic E-state index is 9.63. The fourth-order valence-corrected chi connectivity index (χ4v) is 3.44. The normalized spacial score (nSPS) is 26.5. The number of aliphatic hydroxyl groups is 1. The van der Waals surface area contributed by atoms with Crippen LogP contribution in [0.1, 0.15) is 45.4 Å². The van der Waals surface area contributed by atoms with Crippen LogP contribution in [0, 0.1) is 5.41 Å². The highest BCUT2D eigenvalue weighted by atomic mass is 16.5. The van der Waals surface area contributed by atoms with Gasteiger partial charge in [0.25, 0.3) is 0 Å². The molecule has 17 heavy (non-hydrogen) atoms. The van der Waals surface area contributed by atoms with Gasteiger partial charge in [-0.25, -0.2) is 0 Å². The van der Waals surface area contributed by atoms with E-state index in [4.69, 9.17) is 4.74 Å². The monoisotopic (exact) mass is 241 g/mol. The number of hydrogen-bond acceptors (Lipinski definition) is 3. The van der Waals surface area contributed by atoms with Crippen molar-refractivity contribution in [3.05, 3.63) is 0 Å². The topological polar surface area (TPSA) is 32.7 Å². The molecule has 1 saturated carbocycles. The van der Waals surface area contributed by atoms with Crippen LogP contribution in [-0.4, -0.2) is 49.0 Å². The molecule has 2 rings (SSSR count). The summed E-state index contributed by atoms with van der Waals surface area (Å²) in [5, 5.41) is 9.63. The average molecular weight is 241 g/mol. The second-order valence-corrected chi connectivity index (χ2v) is 5.80. The Balaban J connectivity index is 1.77. The van der Waals surface area contributed by atoms with Crippen LogP contribution in [0.3, 0.4) is 0 Å². The zero-order valence-corrected chi connectivity index (χ0v) is 11.2. The molecule has 3 nitrogen and oxygen atoms in total. The number of rotatable bonds is 5. The van der Waals surface area contributed by atoms with Crippen molar-refractivity contribution in [1.29, 1.82) is 0 Å². The van der Waals surface area contributed by atoms with Gasteiger partial charge in [-0.15, -0.1) is 0 Å². The van der Waals surface area contributed by atoms with Gasteiger partial charge in [-0.2, -0.15) is 0 Å². The van der Waals surface area contributed by atoms with Crippen LogP contribution in [0.4, 0.5) is 0 Å². The molecule has 1 heterocycles. The van der Waals surface area contributed by atoms with E-state index < -0.39 is 0 Å². The average Bonchev–Trinajstić information content (AvgIpc) is 2.81. The van der Waals surface area contributed by atoms with Gasteiger partial charge in [0.05, 0.1) is 6.10 Å². The van der Waals surface area contributed by atoms with Gasteiger partial charge in [0.15, 0.2) is 0 Å². The Bertz CT molecular complexity index is 218. The highest BCUT2D eigenvalue weighted by Gasteiger charge is 2.35. The maximum Gasteiger partial charge on any atom is 0.0599 e. The largest absolute Gasteiger partial charge is 0.396 e. The lowest BCUT2D eigenvalue weighted by Gasteiger charge is -2.38. The van der Waals surface area contributed by atoms with Crippen molar-refractivity contribution >= 4 is 0 Å². The first-order chi connectivity index (χ1) is 8.28. The van der Waals surface area contributed by atoms with Gasteiger partial charge in [-0.3, -0.25) is 0 Å². The molecule has 1 aliphatic carbocycles. The number of nitrogens with zero attached hydrogens (tertiary/aromatic N) is 1. The Morgan fingerprint density at radius 2 is 1.88 bits per heavy atom. The molecule has 1 saturated heterocycles. The Morgan fingerprint density at radius 3 is 2.41 bits per heavy atom. The molecule has 1 N–H and O–H groups in total. The number of likely N-dealkylation sites (tertiary alicyclic amines) is 1. The predicted octanol–water partition coefficient (Wildman–Crippen LogP) is 2.04. The van der Waals surface area contributed by atoms with Crippen molar-refractivity contribution in [3.8, 4) is 0 Å². The molecule has 2 aliphatic rings. The molecular formula is C14H27NO2. The van der Waals surface area contributed by atoms with E-state index >= 15 is 0 Å². The van der Waals surface area contributed by atoms with Gasteiger partial charge in [0, 0.05) is 38.3 Å². The summed E-state index contributed by atoms with van der Waals surface area (Å²) in [7, 11) is 0. The van der Waals surface area contributed by atoms with Crippen molar-refractivity contribution in [3.63, 3.8) is 0 Å². The smallest absolute Gasteiger partial charge is 0.0599 e. The summed E-state index contributed by atoms with van der Waals surface area (Å²) in [5.74, 6) is 0. The van der Waals surface area contributed by atoms with Gasteiger partial charge >= 0.3 is 0 Å². The minimum Gasteiger partial charge on any atom is -0.396 e. The van der Waals surface area contributed by atoms with Crippen LogP contribution in [0.2, 0.25) is 0 Å². The maximum absolute atomic E-state index is 9.63. The van der Waals surface area contributed by atoms with E-state index in [1.165, 1.54) is 25.7 Å². The van der Waals surface area contributed by atoms with Crippen molar-refractivity contribution in [2.45, 2.75) is 51.6 Å². The molecule has 0 spiro atoms. The zero-order chi connectivity index (χ0) is 12.1. The second kappa shape index (κ2) is 6.17. The molecule has 0 atom stereocenters. The van der Waals surface area contributed by atoms with E-state index in [-0.39, 0.29) is 5.41 Å². The molecule has 0 amide bonds. The molecule has 0 aromatic rings. The van der Waals surface area contributed by atoms with E-state index in [1.807, 2.05) is 0 Å². The third-order valence-corrected chi connectivity index (χ3v) is 4.50. The summed E-state index contributed by atoms with van der Waals surface area (Å²) >= 11 is 0. The van der Waals surface area contributed by atoms with Crippen LogP contribution in [0.25, 0.3) is 0 Å². The minimum atomic E-state index is 0.221. The number of piperidine rings is 1. The van der Waals surface area contributed by atoms with Gasteiger partial charge in [0.2, 0.25) is 0 Å². The Kier molecular flexibility index (Phi) is 4.83. The molecule has 3 heteroatoms. The molecular weight excluding hydrogens is 214 g/mol. The van der Waals surface area contributed by atoms with Crippen LogP contribution in [0.15, 0.2) is 0 Å². The van der Waals surface area contributed by atoms with Crippen molar-refractivity contribution in [1.82, 2.24) is 4.90 Å². The summed E-state index contributed by atoms with van der Waals surface area (Å²) in [6.45, 7) is 6.68. The van der Waals surface area contributed by atoms with Crippen LogP contribution >= 0.6 is 0 Å². The summed E-state index contributed by atoms with van der Waals surface area (Å²) in [6.07, 6.45) is 7.84. The van der Waals surface area contributed by atoms with Gasteiger partial charge in [-0.1, -0.05) is 12.8 Å². The summed E-state index contributed by atoms with van der Waals surface area (Å²) in [6, 6.07) is 0. The second-order valence-electron chi connectivity index (χ2n) is 5.80. The standard InChI is InChI=1S/C14H27NO2/c1-2-17-13-5-9-15(10-6-13)11-14(12-16)7-3-4-8-14/h13,16H,2-12H2,1H3. The fraction of sp³-hybridized carbons (Fsp3) is 1.00. The van der Waals surface area contributed by atoms with Crippen LogP contribution in [0.5, 0.6) is 0 Å². The number of hydrogen-bond donors (Lipinski definition) is 1. The van der Waals surface area contributed by atoms with Crippen molar-refractivity contribution in [2.24, 2.45) is 5.41 Å². The zero-order valence-electron chi connectivity index (χ0n) is 11.2. The Hall–Kier alpha value is -0.120. The van der Waals surface area contributed by atoms with E-state index in [0.717, 1.165) is 39.1 Å². The Morgan fingerprint density at radius 1 is 1.24 bits per heavy atom. The first-order valence-corrected chi connectivity index (χ1v) is 7.23. The van der Waals surface area contributed by atoms with Crippen molar-refractivity contribution in [2.75, 3.05) is 32.8 Å². The SMILES string of the molecule is CCOC1CCN(CC2(CO)CCCC2)CC1. The number of aliphatic hydroxyl groups excluding tert-OH is 1.